The molecule has 2 unspecified atom stereocenters. The Balaban J connectivity index is 2.70. The molecular formula is C12H17NO5P+. The van der Waals surface area contributed by atoms with Gasteiger partial charge in [-0.2, -0.15) is 0 Å². The summed E-state index contributed by atoms with van der Waals surface area (Å²) in [4.78, 5) is 20.6. The molecule has 6 nitrogen and oxygen atoms in total. The fraction of sp³-hybridized carbons (Fsp3) is 0.417. The number of benzene rings is 1. The third kappa shape index (κ3) is 5.79. The summed E-state index contributed by atoms with van der Waals surface area (Å²) in [6, 6.07) is 5.37. The summed E-state index contributed by atoms with van der Waals surface area (Å²) in [5, 5.41) is 11.4. The molecule has 0 heterocycles. The van der Waals surface area contributed by atoms with Crippen LogP contribution in [0, 0.1) is 0 Å². The number of carbonyl (C=O) groups is 1. The number of phenols is 1. The molecule has 2 atom stereocenters. The van der Waals surface area contributed by atoms with E-state index in [1.165, 1.54) is 12.1 Å². The predicted octanol–water partition coefficient (Wildman–Crippen LogP) is 1.50. The molecule has 3 N–H and O–H groups in total. The van der Waals surface area contributed by atoms with Gasteiger partial charge < -0.3 is 9.84 Å². The predicted molar refractivity (Wildman–Crippen MR) is 69.8 cm³/mol. The third-order valence-electron chi connectivity index (χ3n) is 2.38. The summed E-state index contributed by atoms with van der Waals surface area (Å²) in [6.07, 6.45) is 0.896. The van der Waals surface area contributed by atoms with E-state index in [4.69, 9.17) is 14.7 Å². The lowest BCUT2D eigenvalue weighted by Gasteiger charge is -2.11. The van der Waals surface area contributed by atoms with Crippen molar-refractivity contribution in [1.29, 1.82) is 0 Å². The quantitative estimate of drug-likeness (QED) is 0.519. The highest BCUT2D eigenvalue weighted by molar-refractivity contribution is 7.35. The zero-order valence-electron chi connectivity index (χ0n) is 10.6. The molecule has 0 amide bonds. The first kappa shape index (κ1) is 15.6. The lowest BCUT2D eigenvalue weighted by Crippen LogP contribution is -2.36. The molecule has 0 aliphatic carbocycles. The van der Waals surface area contributed by atoms with Crippen molar-refractivity contribution >= 4 is 14.1 Å². The van der Waals surface area contributed by atoms with Gasteiger partial charge in [-0.1, -0.05) is 24.1 Å². The maximum Gasteiger partial charge on any atom is 0.611 e. The first-order valence-corrected chi connectivity index (χ1v) is 7.11. The molecule has 0 aliphatic heterocycles. The highest BCUT2D eigenvalue weighted by Gasteiger charge is 2.28. The van der Waals surface area contributed by atoms with Crippen molar-refractivity contribution < 1.29 is 24.1 Å². The second-order valence-corrected chi connectivity index (χ2v) is 4.80. The molecule has 0 bridgehead atoms. The van der Waals surface area contributed by atoms with Gasteiger partial charge in [-0.3, -0.25) is 4.79 Å². The second-order valence-electron chi connectivity index (χ2n) is 3.99. The maximum absolute atomic E-state index is 11.7. The van der Waals surface area contributed by atoms with Crippen molar-refractivity contribution in [1.82, 2.24) is 5.09 Å². The Hall–Kier alpha value is -1.49. The van der Waals surface area contributed by atoms with Gasteiger partial charge in [0, 0.05) is 6.42 Å². The van der Waals surface area contributed by atoms with Gasteiger partial charge in [0.2, 0.25) is 0 Å². The summed E-state index contributed by atoms with van der Waals surface area (Å²) in [5.74, 6) is -0.442. The van der Waals surface area contributed by atoms with Crippen molar-refractivity contribution in [3.8, 4) is 5.75 Å². The van der Waals surface area contributed by atoms with E-state index in [1.807, 2.05) is 6.92 Å². The van der Waals surface area contributed by atoms with Crippen LogP contribution in [0.5, 0.6) is 5.75 Å². The van der Waals surface area contributed by atoms with Gasteiger partial charge >= 0.3 is 14.1 Å². The fourth-order valence-corrected chi connectivity index (χ4v) is 1.95. The molecule has 0 saturated heterocycles. The van der Waals surface area contributed by atoms with Crippen LogP contribution in [0.1, 0.15) is 18.9 Å². The van der Waals surface area contributed by atoms with Gasteiger partial charge in [0.15, 0.2) is 6.04 Å². The van der Waals surface area contributed by atoms with E-state index >= 15 is 0 Å². The van der Waals surface area contributed by atoms with Crippen LogP contribution in [0.4, 0.5) is 0 Å². The fourth-order valence-electron chi connectivity index (χ4n) is 1.49. The number of nitrogens with one attached hydrogen (secondary N) is 1. The van der Waals surface area contributed by atoms with E-state index in [0.29, 0.717) is 6.42 Å². The van der Waals surface area contributed by atoms with Crippen LogP contribution in [-0.2, 0) is 20.5 Å². The Kier molecular flexibility index (Phi) is 6.42. The zero-order chi connectivity index (χ0) is 14.3. The van der Waals surface area contributed by atoms with E-state index in [2.05, 4.69) is 5.09 Å². The van der Waals surface area contributed by atoms with Crippen LogP contribution in [0.25, 0.3) is 0 Å². The Morgan fingerprint density at radius 1 is 1.42 bits per heavy atom. The molecule has 1 aromatic carbocycles. The van der Waals surface area contributed by atoms with E-state index in [1.54, 1.807) is 12.1 Å². The average molecular weight is 286 g/mol. The minimum absolute atomic E-state index is 0.120. The Morgan fingerprint density at radius 2 is 2.05 bits per heavy atom. The number of rotatable bonds is 7. The smallest absolute Gasteiger partial charge is 0.508 e. The normalized spacial score (nSPS) is 12.8. The zero-order valence-corrected chi connectivity index (χ0v) is 11.5. The maximum atomic E-state index is 11.7. The van der Waals surface area contributed by atoms with Gasteiger partial charge in [0.25, 0.3) is 0 Å². The Bertz CT molecular complexity index is 434. The van der Waals surface area contributed by atoms with Crippen LogP contribution in [0.15, 0.2) is 24.3 Å². The van der Waals surface area contributed by atoms with E-state index in [-0.39, 0.29) is 18.8 Å². The number of hydrogen-bond acceptors (Lipinski definition) is 4. The van der Waals surface area contributed by atoms with Gasteiger partial charge in [-0.25, -0.2) is 0 Å². The molecule has 0 saturated carbocycles. The minimum atomic E-state index is -2.64. The molecule has 0 spiro atoms. The third-order valence-corrected chi connectivity index (χ3v) is 2.91. The van der Waals surface area contributed by atoms with Crippen LogP contribution in [0.3, 0.4) is 0 Å². The molecular weight excluding hydrogens is 269 g/mol. The summed E-state index contributed by atoms with van der Waals surface area (Å²) < 4.78 is 15.8. The molecule has 19 heavy (non-hydrogen) atoms. The minimum Gasteiger partial charge on any atom is -0.508 e. The Labute approximate surface area is 112 Å². The van der Waals surface area contributed by atoms with Crippen molar-refractivity contribution in [2.75, 3.05) is 6.61 Å². The van der Waals surface area contributed by atoms with E-state index in [9.17, 15) is 9.36 Å². The molecule has 0 fully saturated rings. The first-order valence-electron chi connectivity index (χ1n) is 5.89. The standard InChI is InChI=1S/C12H16NO5P/c1-2-7-18-12(15)11(13-19(16)17)8-9-3-5-10(14)6-4-9/h3-6,11H,2,7-8H2,1H3,(H2-,13,14,16,17)/p+1. The average Bonchev–Trinajstić information content (AvgIpc) is 2.37. The van der Waals surface area contributed by atoms with Gasteiger partial charge in [-0.15, -0.1) is 4.89 Å². The molecule has 1 rings (SSSR count). The van der Waals surface area contributed by atoms with Crippen LogP contribution >= 0.6 is 8.18 Å². The summed E-state index contributed by atoms with van der Waals surface area (Å²) in [7, 11) is -2.64. The Morgan fingerprint density at radius 3 is 2.58 bits per heavy atom. The van der Waals surface area contributed by atoms with Crippen molar-refractivity contribution in [3.63, 3.8) is 0 Å². The SMILES string of the molecule is CCCOC(=O)C(Cc1ccc(O)cc1)N[P+](=O)O. The highest BCUT2D eigenvalue weighted by Crippen LogP contribution is 2.15. The van der Waals surface area contributed by atoms with Crippen molar-refractivity contribution in [2.24, 2.45) is 0 Å². The van der Waals surface area contributed by atoms with E-state index < -0.39 is 20.2 Å². The lowest BCUT2D eigenvalue weighted by molar-refractivity contribution is -0.145. The number of aromatic hydroxyl groups is 1. The molecule has 0 radical (unpaired) electrons. The van der Waals surface area contributed by atoms with Gasteiger partial charge in [0.05, 0.1) is 6.61 Å². The topological polar surface area (TPSA) is 95.9 Å². The molecule has 1 aromatic rings. The van der Waals surface area contributed by atoms with Gasteiger partial charge in [0.1, 0.15) is 5.75 Å². The van der Waals surface area contributed by atoms with Gasteiger partial charge in [-0.05, 0) is 28.7 Å². The summed E-state index contributed by atoms with van der Waals surface area (Å²) in [6.45, 7) is 2.14. The summed E-state index contributed by atoms with van der Waals surface area (Å²) >= 11 is 0. The number of esters is 1. The van der Waals surface area contributed by atoms with Crippen LogP contribution in [0.2, 0.25) is 0 Å². The molecule has 104 valence electrons. The first-order chi connectivity index (χ1) is 9.02. The van der Waals surface area contributed by atoms with Crippen molar-refractivity contribution in [2.45, 2.75) is 25.8 Å². The second kappa shape index (κ2) is 7.84. The highest BCUT2D eigenvalue weighted by atomic mass is 31.1. The largest absolute Gasteiger partial charge is 0.611 e. The molecule has 0 aromatic heterocycles. The summed E-state index contributed by atoms with van der Waals surface area (Å²) in [5.41, 5.74) is 0.751. The number of carbonyl (C=O) groups excluding carboxylic acids is 1. The molecule has 7 heteroatoms. The van der Waals surface area contributed by atoms with E-state index in [0.717, 1.165) is 5.56 Å². The number of phenolic OH excluding ortho intramolecular Hbond substituents is 1. The lowest BCUT2D eigenvalue weighted by atomic mass is 10.1. The van der Waals surface area contributed by atoms with Crippen LogP contribution < -0.4 is 5.09 Å². The monoisotopic (exact) mass is 286 g/mol. The van der Waals surface area contributed by atoms with Crippen LogP contribution in [-0.4, -0.2) is 28.6 Å². The number of ether oxygens (including phenoxy) is 1. The number of hydrogen-bond donors (Lipinski definition) is 3. The molecule has 0 aliphatic rings. The van der Waals surface area contributed by atoms with Crippen molar-refractivity contribution in [3.05, 3.63) is 29.8 Å².